The number of phenols is 1. The summed E-state index contributed by atoms with van der Waals surface area (Å²) in [6.07, 6.45) is 1.36. The molecule has 5 nitrogen and oxygen atoms in total. The normalized spacial score (nSPS) is 10.8. The van der Waals surface area contributed by atoms with Crippen LogP contribution in [0.5, 0.6) is 11.5 Å². The predicted octanol–water partition coefficient (Wildman–Crippen LogP) is 4.39. The van der Waals surface area contributed by atoms with Crippen molar-refractivity contribution in [2.75, 3.05) is 6.61 Å². The molecule has 2 rings (SSSR count). The second kappa shape index (κ2) is 8.30. The van der Waals surface area contributed by atoms with Gasteiger partial charge in [-0.15, -0.1) is 0 Å². The highest BCUT2D eigenvalue weighted by molar-refractivity contribution is 9.13. The van der Waals surface area contributed by atoms with Crippen molar-refractivity contribution in [3.05, 3.63) is 56.0 Å². The quantitative estimate of drug-likeness (QED) is 0.518. The molecular formula is C17H16Br2N2O3. The summed E-state index contributed by atoms with van der Waals surface area (Å²) in [4.78, 5) is 12.1. The van der Waals surface area contributed by atoms with E-state index in [0.29, 0.717) is 32.4 Å². The van der Waals surface area contributed by atoms with Crippen LogP contribution in [0.3, 0.4) is 0 Å². The minimum Gasteiger partial charge on any atom is -0.504 e. The second-order valence-electron chi connectivity index (χ2n) is 4.88. The smallest absolute Gasteiger partial charge is 0.271 e. The molecule has 0 fully saturated rings. The van der Waals surface area contributed by atoms with Crippen molar-refractivity contribution in [1.29, 1.82) is 0 Å². The highest BCUT2D eigenvalue weighted by atomic mass is 79.9. The van der Waals surface area contributed by atoms with E-state index in [9.17, 15) is 9.90 Å². The summed E-state index contributed by atoms with van der Waals surface area (Å²) in [5.41, 5.74) is 4.26. The van der Waals surface area contributed by atoms with Crippen molar-refractivity contribution in [2.45, 2.75) is 13.8 Å². The Morgan fingerprint density at radius 2 is 2.08 bits per heavy atom. The van der Waals surface area contributed by atoms with Gasteiger partial charge < -0.3 is 9.84 Å². The van der Waals surface area contributed by atoms with Crippen LogP contribution in [0, 0.1) is 6.92 Å². The largest absolute Gasteiger partial charge is 0.504 e. The van der Waals surface area contributed by atoms with E-state index in [4.69, 9.17) is 4.74 Å². The molecule has 7 heteroatoms. The molecule has 0 aromatic heterocycles. The van der Waals surface area contributed by atoms with Crippen LogP contribution >= 0.6 is 31.9 Å². The third-order valence-electron chi connectivity index (χ3n) is 3.24. The van der Waals surface area contributed by atoms with Crippen LogP contribution < -0.4 is 10.2 Å². The number of aromatic hydroxyl groups is 1. The second-order valence-corrected chi connectivity index (χ2v) is 6.53. The van der Waals surface area contributed by atoms with Crippen LogP contribution in [-0.2, 0) is 0 Å². The van der Waals surface area contributed by atoms with E-state index < -0.39 is 0 Å². The number of hydrazone groups is 1. The Bertz CT molecular complexity index is 792. The van der Waals surface area contributed by atoms with Gasteiger partial charge in [0.1, 0.15) is 0 Å². The molecule has 2 aromatic rings. The maximum atomic E-state index is 12.1. The van der Waals surface area contributed by atoms with Gasteiger partial charge in [-0.1, -0.05) is 18.2 Å². The number of amides is 1. The molecular weight excluding hydrogens is 440 g/mol. The summed E-state index contributed by atoms with van der Waals surface area (Å²) in [5.74, 6) is -0.0416. The van der Waals surface area contributed by atoms with Crippen molar-refractivity contribution in [2.24, 2.45) is 5.10 Å². The van der Waals surface area contributed by atoms with E-state index in [0.717, 1.165) is 5.56 Å². The fraction of sp³-hybridized carbons (Fsp3) is 0.176. The van der Waals surface area contributed by atoms with E-state index in [1.54, 1.807) is 18.2 Å². The van der Waals surface area contributed by atoms with Gasteiger partial charge in [0, 0.05) is 14.5 Å². The molecule has 2 N–H and O–H groups in total. The zero-order valence-electron chi connectivity index (χ0n) is 13.1. The predicted molar refractivity (Wildman–Crippen MR) is 101 cm³/mol. The molecule has 0 aliphatic carbocycles. The highest BCUT2D eigenvalue weighted by Crippen LogP contribution is 2.39. The molecule has 0 radical (unpaired) electrons. The lowest BCUT2D eigenvalue weighted by molar-refractivity contribution is 0.0954. The fourth-order valence-electron chi connectivity index (χ4n) is 2.04. The Labute approximate surface area is 157 Å². The van der Waals surface area contributed by atoms with Gasteiger partial charge in [0.15, 0.2) is 11.5 Å². The maximum Gasteiger partial charge on any atom is 0.271 e. The number of carbonyl (C=O) groups excluding carboxylic acids is 1. The first-order chi connectivity index (χ1) is 11.5. The standard InChI is InChI=1S/C17H16Br2N2O3/c1-3-24-14-8-13(18)15(19)12(16(14)22)9-20-21-17(23)11-7-5-4-6-10(11)2/h4-9,22H,3H2,1-2H3,(H,21,23). The van der Waals surface area contributed by atoms with Crippen molar-refractivity contribution < 1.29 is 14.6 Å². The van der Waals surface area contributed by atoms with E-state index in [1.165, 1.54) is 6.21 Å². The van der Waals surface area contributed by atoms with Crippen LogP contribution in [0.1, 0.15) is 28.4 Å². The number of nitrogens with one attached hydrogen (secondary N) is 1. The number of hydrogen-bond donors (Lipinski definition) is 2. The number of hydrogen-bond acceptors (Lipinski definition) is 4. The Balaban J connectivity index is 2.23. The topological polar surface area (TPSA) is 70.9 Å². The van der Waals surface area contributed by atoms with Crippen LogP contribution in [0.4, 0.5) is 0 Å². The number of phenolic OH excluding ortho intramolecular Hbond substituents is 1. The number of benzene rings is 2. The van der Waals surface area contributed by atoms with Gasteiger partial charge in [-0.25, -0.2) is 5.43 Å². The van der Waals surface area contributed by atoms with Crippen LogP contribution in [0.15, 0.2) is 44.4 Å². The molecule has 1 amide bonds. The number of rotatable bonds is 5. The van der Waals surface area contributed by atoms with Crippen molar-refractivity contribution in [1.82, 2.24) is 5.43 Å². The molecule has 0 heterocycles. The summed E-state index contributed by atoms with van der Waals surface area (Å²) in [7, 11) is 0. The molecule has 0 aliphatic heterocycles. The highest BCUT2D eigenvalue weighted by Gasteiger charge is 2.15. The summed E-state index contributed by atoms with van der Waals surface area (Å²) in [6.45, 7) is 4.09. The van der Waals surface area contributed by atoms with Crippen LogP contribution in [0.2, 0.25) is 0 Å². The molecule has 126 valence electrons. The van der Waals surface area contributed by atoms with Gasteiger partial charge in [0.05, 0.1) is 18.4 Å². The Morgan fingerprint density at radius 1 is 1.38 bits per heavy atom. The van der Waals surface area contributed by atoms with E-state index in [2.05, 4.69) is 42.4 Å². The summed E-state index contributed by atoms with van der Waals surface area (Å²) < 4.78 is 6.69. The van der Waals surface area contributed by atoms with Gasteiger partial charge >= 0.3 is 0 Å². The molecule has 0 aliphatic rings. The zero-order valence-corrected chi connectivity index (χ0v) is 16.3. The van der Waals surface area contributed by atoms with Gasteiger partial charge in [0.2, 0.25) is 0 Å². The van der Waals surface area contributed by atoms with Crippen molar-refractivity contribution in [3.8, 4) is 11.5 Å². The SMILES string of the molecule is CCOc1cc(Br)c(Br)c(C=NNC(=O)c2ccccc2C)c1O. The van der Waals surface area contributed by atoms with Gasteiger partial charge in [0.25, 0.3) is 5.91 Å². The van der Waals surface area contributed by atoms with Gasteiger partial charge in [-0.05, 0) is 63.4 Å². The molecule has 0 saturated heterocycles. The van der Waals surface area contributed by atoms with Crippen LogP contribution in [0.25, 0.3) is 0 Å². The lowest BCUT2D eigenvalue weighted by atomic mass is 10.1. The van der Waals surface area contributed by atoms with E-state index in [-0.39, 0.29) is 11.7 Å². The Kier molecular flexibility index (Phi) is 6.39. The minimum absolute atomic E-state index is 0.0548. The minimum atomic E-state index is -0.319. The summed E-state index contributed by atoms with van der Waals surface area (Å²) >= 11 is 6.75. The fourth-order valence-corrected chi connectivity index (χ4v) is 2.86. The van der Waals surface area contributed by atoms with E-state index in [1.807, 2.05) is 26.0 Å². The van der Waals surface area contributed by atoms with E-state index >= 15 is 0 Å². The third-order valence-corrected chi connectivity index (χ3v) is 5.25. The maximum absolute atomic E-state index is 12.1. The van der Waals surface area contributed by atoms with Crippen LogP contribution in [-0.4, -0.2) is 23.8 Å². The molecule has 0 saturated carbocycles. The number of ether oxygens (including phenoxy) is 1. The number of halogens is 2. The van der Waals surface area contributed by atoms with Crippen molar-refractivity contribution in [3.63, 3.8) is 0 Å². The molecule has 0 spiro atoms. The first-order valence-electron chi connectivity index (χ1n) is 7.18. The van der Waals surface area contributed by atoms with Gasteiger partial charge in [-0.2, -0.15) is 5.10 Å². The number of aryl methyl sites for hydroxylation is 1. The zero-order chi connectivity index (χ0) is 17.7. The van der Waals surface area contributed by atoms with Crippen molar-refractivity contribution >= 4 is 44.0 Å². The lowest BCUT2D eigenvalue weighted by Crippen LogP contribution is -2.18. The molecule has 0 bridgehead atoms. The Hall–Kier alpha value is -1.86. The average Bonchev–Trinajstić information content (AvgIpc) is 2.56. The third kappa shape index (κ3) is 4.15. The number of carbonyl (C=O) groups is 1. The average molecular weight is 456 g/mol. The molecule has 2 aromatic carbocycles. The molecule has 0 unspecified atom stereocenters. The van der Waals surface area contributed by atoms with Gasteiger partial charge in [-0.3, -0.25) is 4.79 Å². The number of nitrogens with zero attached hydrogens (tertiary/aromatic N) is 1. The lowest BCUT2D eigenvalue weighted by Gasteiger charge is -2.11. The summed E-state index contributed by atoms with van der Waals surface area (Å²) in [5, 5.41) is 14.2. The first kappa shape index (κ1) is 18.5. The summed E-state index contributed by atoms with van der Waals surface area (Å²) in [6, 6.07) is 8.88. The Morgan fingerprint density at radius 3 is 2.75 bits per heavy atom. The first-order valence-corrected chi connectivity index (χ1v) is 8.77. The molecule has 24 heavy (non-hydrogen) atoms. The molecule has 0 atom stereocenters. The monoisotopic (exact) mass is 454 g/mol.